The Morgan fingerprint density at radius 2 is 1.62 bits per heavy atom. The first kappa shape index (κ1) is 27.3. The van der Waals surface area contributed by atoms with Gasteiger partial charge in [-0.1, -0.05) is 47.5 Å². The van der Waals surface area contributed by atoms with Crippen molar-refractivity contribution in [3.8, 4) is 11.5 Å². The van der Waals surface area contributed by atoms with Crippen LogP contribution in [0.2, 0.25) is 10.0 Å². The van der Waals surface area contributed by atoms with Crippen LogP contribution in [-0.4, -0.2) is 61.1 Å². The van der Waals surface area contributed by atoms with Crippen molar-refractivity contribution in [1.29, 1.82) is 0 Å². The van der Waals surface area contributed by atoms with Crippen molar-refractivity contribution in [1.82, 2.24) is 15.1 Å². The minimum atomic E-state index is -0.269. The Kier molecular flexibility index (Phi) is 8.60. The fourth-order valence-electron chi connectivity index (χ4n) is 5.31. The van der Waals surface area contributed by atoms with Crippen molar-refractivity contribution in [2.45, 2.75) is 32.1 Å². The Balaban J connectivity index is 1.71. The number of aliphatic imine (C=N–C) groups is 1. The zero-order valence-corrected chi connectivity index (χ0v) is 23.5. The topological polar surface area (TPSA) is 66.4 Å². The minimum Gasteiger partial charge on any atom is -0.494 e. The molecule has 2 heterocycles. The molecule has 0 saturated carbocycles. The van der Waals surface area contributed by atoms with E-state index in [2.05, 4.69) is 10.2 Å². The average molecular weight is 568 g/mol. The van der Waals surface area contributed by atoms with Gasteiger partial charge in [-0.2, -0.15) is 0 Å². The van der Waals surface area contributed by atoms with E-state index in [1.54, 1.807) is 0 Å². The van der Waals surface area contributed by atoms with Gasteiger partial charge in [0.2, 0.25) is 6.41 Å². The number of carbonyl (C=O) groups is 1. The molecule has 0 radical (unpaired) electrons. The molecule has 1 amide bonds. The van der Waals surface area contributed by atoms with Crippen LogP contribution in [0.25, 0.3) is 0 Å². The van der Waals surface area contributed by atoms with Gasteiger partial charge in [0.15, 0.2) is 0 Å². The summed E-state index contributed by atoms with van der Waals surface area (Å²) in [6.07, 6.45) is 0.660. The molecule has 3 unspecified atom stereocenters. The molecule has 0 spiro atoms. The van der Waals surface area contributed by atoms with Crippen LogP contribution in [0.3, 0.4) is 0 Å². The first-order valence-corrected chi connectivity index (χ1v) is 14.0. The number of ether oxygens (including phenoxy) is 2. The van der Waals surface area contributed by atoms with Crippen molar-refractivity contribution in [2.24, 2.45) is 4.99 Å². The summed E-state index contributed by atoms with van der Waals surface area (Å²) in [6, 6.07) is 21.0. The van der Waals surface area contributed by atoms with Gasteiger partial charge in [-0.05, 0) is 61.4 Å². The molecule has 0 aliphatic carbocycles. The first-order valence-electron chi connectivity index (χ1n) is 13.2. The highest BCUT2D eigenvalue weighted by atomic mass is 35.5. The Hall–Kier alpha value is -3.26. The van der Waals surface area contributed by atoms with Crippen LogP contribution in [0, 0.1) is 0 Å². The quantitative estimate of drug-likeness (QED) is 0.335. The van der Waals surface area contributed by atoms with Gasteiger partial charge >= 0.3 is 0 Å². The first-order chi connectivity index (χ1) is 19.0. The van der Waals surface area contributed by atoms with Gasteiger partial charge in [0.1, 0.15) is 29.5 Å². The Labute approximate surface area is 239 Å². The van der Waals surface area contributed by atoms with Crippen molar-refractivity contribution in [2.75, 3.05) is 32.8 Å². The average Bonchev–Trinajstić information content (AvgIpc) is 3.34. The van der Waals surface area contributed by atoms with E-state index in [0.29, 0.717) is 42.1 Å². The molecule has 39 heavy (non-hydrogen) atoms. The summed E-state index contributed by atoms with van der Waals surface area (Å²) in [4.78, 5) is 21.7. The highest BCUT2D eigenvalue weighted by Crippen LogP contribution is 2.46. The van der Waals surface area contributed by atoms with Gasteiger partial charge in [0, 0.05) is 35.7 Å². The summed E-state index contributed by atoms with van der Waals surface area (Å²) < 4.78 is 11.9. The molecule has 5 rings (SSSR count). The number of amides is 1. The maximum atomic E-state index is 12.3. The molecule has 7 nitrogen and oxygen atoms in total. The van der Waals surface area contributed by atoms with Crippen molar-refractivity contribution in [3.05, 3.63) is 93.5 Å². The number of benzene rings is 3. The van der Waals surface area contributed by atoms with Crippen molar-refractivity contribution >= 4 is 35.4 Å². The highest BCUT2D eigenvalue weighted by Gasteiger charge is 2.45. The standard InChI is InChI=1S/C30H32Cl2N4O3/c1-3-38-24-13-14-25(26(17-24)39-4-2)30-34-28(20-5-9-22(31)10-6-20)29(21-7-11-23(32)12-8-21)36(30)27-18-33-15-16-35(27)19-37/h5-14,17,19,27-29,33H,3-4,15-16,18H2,1-2H3. The van der Waals surface area contributed by atoms with Crippen LogP contribution in [0.5, 0.6) is 11.5 Å². The molecule has 1 fully saturated rings. The molecular formula is C30H32Cl2N4O3. The maximum absolute atomic E-state index is 12.3. The van der Waals surface area contributed by atoms with E-state index >= 15 is 0 Å². The summed E-state index contributed by atoms with van der Waals surface area (Å²) >= 11 is 12.5. The molecule has 9 heteroatoms. The van der Waals surface area contributed by atoms with Gasteiger partial charge in [-0.15, -0.1) is 0 Å². The maximum Gasteiger partial charge on any atom is 0.211 e. The monoisotopic (exact) mass is 566 g/mol. The molecule has 0 bridgehead atoms. The lowest BCUT2D eigenvalue weighted by Crippen LogP contribution is -2.60. The van der Waals surface area contributed by atoms with Crippen LogP contribution in [0.1, 0.15) is 42.6 Å². The second-order valence-electron chi connectivity index (χ2n) is 9.40. The third kappa shape index (κ3) is 5.71. The number of nitrogens with zero attached hydrogens (tertiary/aromatic N) is 3. The summed E-state index contributed by atoms with van der Waals surface area (Å²) in [6.45, 7) is 6.87. The molecule has 2 aliphatic heterocycles. The molecule has 1 N–H and O–H groups in total. The van der Waals surface area contributed by atoms with Gasteiger partial charge in [0.25, 0.3) is 0 Å². The largest absolute Gasteiger partial charge is 0.494 e. The second-order valence-corrected chi connectivity index (χ2v) is 10.3. The number of nitrogens with one attached hydrogen (secondary N) is 1. The lowest BCUT2D eigenvalue weighted by molar-refractivity contribution is -0.124. The molecule has 2 aliphatic rings. The Morgan fingerprint density at radius 3 is 2.26 bits per heavy atom. The van der Waals surface area contributed by atoms with Gasteiger partial charge in [-0.25, -0.2) is 0 Å². The van der Waals surface area contributed by atoms with Crippen LogP contribution in [0.4, 0.5) is 0 Å². The van der Waals surface area contributed by atoms with E-state index in [0.717, 1.165) is 41.2 Å². The number of piperazine rings is 1. The van der Waals surface area contributed by atoms with Gasteiger partial charge < -0.3 is 24.6 Å². The van der Waals surface area contributed by atoms with Gasteiger partial charge in [0.05, 0.1) is 24.8 Å². The smallest absolute Gasteiger partial charge is 0.211 e. The van der Waals surface area contributed by atoms with Crippen LogP contribution < -0.4 is 14.8 Å². The number of hydrogen-bond donors (Lipinski definition) is 1. The zero-order chi connectivity index (χ0) is 27.4. The van der Waals surface area contributed by atoms with E-state index < -0.39 is 0 Å². The Bertz CT molecular complexity index is 1320. The fraction of sp³-hybridized carbons (Fsp3) is 0.333. The predicted molar refractivity (Wildman–Crippen MR) is 155 cm³/mol. The lowest BCUT2D eigenvalue weighted by Gasteiger charge is -2.44. The minimum absolute atomic E-state index is 0.216. The molecular weight excluding hydrogens is 535 g/mol. The number of carbonyl (C=O) groups excluding carboxylic acids is 1. The molecule has 3 aromatic carbocycles. The molecule has 3 aromatic rings. The zero-order valence-electron chi connectivity index (χ0n) is 22.0. The molecule has 0 aromatic heterocycles. The van der Waals surface area contributed by atoms with Crippen molar-refractivity contribution in [3.63, 3.8) is 0 Å². The van der Waals surface area contributed by atoms with E-state index in [1.807, 2.05) is 85.5 Å². The molecule has 204 valence electrons. The fourth-order valence-corrected chi connectivity index (χ4v) is 5.57. The summed E-state index contributed by atoms with van der Waals surface area (Å²) in [5.41, 5.74) is 2.90. The normalized spacial score (nSPS) is 21.0. The Morgan fingerprint density at radius 1 is 0.949 bits per heavy atom. The van der Waals surface area contributed by atoms with E-state index in [4.69, 9.17) is 37.7 Å². The van der Waals surface area contributed by atoms with E-state index in [1.165, 1.54) is 0 Å². The summed E-state index contributed by atoms with van der Waals surface area (Å²) in [7, 11) is 0. The number of halogens is 2. The number of rotatable bonds is 9. The molecule has 3 atom stereocenters. The lowest BCUT2D eigenvalue weighted by atomic mass is 9.93. The third-order valence-corrected chi connectivity index (χ3v) is 7.55. The van der Waals surface area contributed by atoms with Crippen LogP contribution in [0.15, 0.2) is 71.7 Å². The predicted octanol–water partition coefficient (Wildman–Crippen LogP) is 5.72. The SMILES string of the molecule is CCOc1ccc(C2=NC(c3ccc(Cl)cc3)C(c3ccc(Cl)cc3)N2C2CNCCN2C=O)c(OCC)c1. The number of hydrogen-bond acceptors (Lipinski definition) is 6. The number of amidine groups is 1. The molecule has 1 saturated heterocycles. The highest BCUT2D eigenvalue weighted by molar-refractivity contribution is 6.30. The van der Waals surface area contributed by atoms with Crippen LogP contribution >= 0.6 is 23.2 Å². The summed E-state index contributed by atoms with van der Waals surface area (Å²) in [5.74, 6) is 2.16. The van der Waals surface area contributed by atoms with Crippen molar-refractivity contribution < 1.29 is 14.3 Å². The van der Waals surface area contributed by atoms with E-state index in [-0.39, 0.29) is 18.2 Å². The van der Waals surface area contributed by atoms with Gasteiger partial charge in [-0.3, -0.25) is 9.79 Å². The van der Waals surface area contributed by atoms with Crippen LogP contribution in [-0.2, 0) is 4.79 Å². The third-order valence-electron chi connectivity index (χ3n) is 7.05. The van der Waals surface area contributed by atoms with E-state index in [9.17, 15) is 4.79 Å². The second kappa shape index (κ2) is 12.3. The summed E-state index contributed by atoms with van der Waals surface area (Å²) in [5, 5.41) is 4.79.